The lowest BCUT2D eigenvalue weighted by atomic mass is 10.1. The van der Waals surface area contributed by atoms with Gasteiger partial charge in [-0.15, -0.1) is 0 Å². The lowest BCUT2D eigenvalue weighted by molar-refractivity contribution is -0.131. The summed E-state index contributed by atoms with van der Waals surface area (Å²) < 4.78 is 0. The molecule has 0 aliphatic carbocycles. The first-order chi connectivity index (χ1) is 12.0. The molecule has 0 fully saturated rings. The fourth-order valence-electron chi connectivity index (χ4n) is 2.44. The highest BCUT2D eigenvalue weighted by Gasteiger charge is 2.19. The Labute approximate surface area is 148 Å². The number of nitrogens with zero attached hydrogens (tertiary/aromatic N) is 3. The monoisotopic (exact) mass is 342 g/mol. The van der Waals surface area contributed by atoms with E-state index in [-0.39, 0.29) is 11.8 Å². The number of aliphatic hydroxyl groups is 1. The largest absolute Gasteiger partial charge is 0.383 e. The first kappa shape index (κ1) is 18.9. The van der Waals surface area contributed by atoms with Crippen molar-refractivity contribution < 1.29 is 9.90 Å². The van der Waals surface area contributed by atoms with E-state index in [1.807, 2.05) is 51.2 Å². The summed E-state index contributed by atoms with van der Waals surface area (Å²) in [6, 6.07) is 9.65. The van der Waals surface area contributed by atoms with Crippen LogP contribution in [0.1, 0.15) is 25.1 Å². The number of carbonyl (C=O) groups excluding carboxylic acids is 1. The fraction of sp³-hybridized carbons (Fsp3) is 0.421. The molecule has 2 N–H and O–H groups in total. The molecule has 0 aliphatic rings. The summed E-state index contributed by atoms with van der Waals surface area (Å²) in [5.41, 5.74) is 1.94. The van der Waals surface area contributed by atoms with E-state index in [2.05, 4.69) is 20.2 Å². The van der Waals surface area contributed by atoms with Gasteiger partial charge in [-0.3, -0.25) is 9.78 Å². The quantitative estimate of drug-likeness (QED) is 0.765. The van der Waals surface area contributed by atoms with E-state index < -0.39 is 6.10 Å². The Morgan fingerprint density at radius 2 is 1.96 bits per heavy atom. The lowest BCUT2D eigenvalue weighted by Crippen LogP contribution is -2.37. The molecule has 0 aromatic carbocycles. The fourth-order valence-corrected chi connectivity index (χ4v) is 2.44. The summed E-state index contributed by atoms with van der Waals surface area (Å²) in [6.07, 6.45) is 3.34. The first-order valence-corrected chi connectivity index (χ1v) is 8.49. The number of hydrogen-bond donors (Lipinski definition) is 2. The maximum Gasteiger partial charge on any atom is 0.249 e. The van der Waals surface area contributed by atoms with Crippen molar-refractivity contribution in [1.29, 1.82) is 0 Å². The number of hydrogen-bond acceptors (Lipinski definition) is 5. The van der Waals surface area contributed by atoms with E-state index in [1.165, 1.54) is 0 Å². The molecule has 0 bridgehead atoms. The molecular weight excluding hydrogens is 316 g/mol. The van der Waals surface area contributed by atoms with Crippen LogP contribution in [0.15, 0.2) is 42.7 Å². The van der Waals surface area contributed by atoms with Crippen LogP contribution in [0, 0.1) is 5.92 Å². The van der Waals surface area contributed by atoms with Crippen LogP contribution in [0.2, 0.25) is 0 Å². The minimum atomic E-state index is -0.998. The summed E-state index contributed by atoms with van der Waals surface area (Å²) >= 11 is 0. The topological polar surface area (TPSA) is 78.3 Å². The van der Waals surface area contributed by atoms with Gasteiger partial charge >= 0.3 is 0 Å². The van der Waals surface area contributed by atoms with Crippen molar-refractivity contribution in [3.8, 4) is 0 Å². The molecular formula is C19H26N4O2. The van der Waals surface area contributed by atoms with Gasteiger partial charge in [-0.2, -0.15) is 0 Å². The zero-order chi connectivity index (χ0) is 18.2. The summed E-state index contributed by atoms with van der Waals surface area (Å²) in [6.45, 7) is 4.72. The van der Waals surface area contributed by atoms with Gasteiger partial charge in [0.25, 0.3) is 0 Å². The van der Waals surface area contributed by atoms with Gasteiger partial charge < -0.3 is 15.3 Å². The summed E-state index contributed by atoms with van der Waals surface area (Å²) in [5.74, 6) is 0.341. The van der Waals surface area contributed by atoms with Gasteiger partial charge in [-0.05, 0) is 24.1 Å². The number of amides is 1. The second-order valence-corrected chi connectivity index (χ2v) is 6.39. The molecule has 1 atom stereocenters. The predicted molar refractivity (Wildman–Crippen MR) is 98.1 cm³/mol. The zero-order valence-corrected chi connectivity index (χ0v) is 15.0. The summed E-state index contributed by atoms with van der Waals surface area (Å²) in [4.78, 5) is 22.8. The van der Waals surface area contributed by atoms with Crippen molar-refractivity contribution in [2.45, 2.75) is 32.9 Å². The normalized spacial score (nSPS) is 12.0. The maximum atomic E-state index is 11.9. The van der Waals surface area contributed by atoms with Gasteiger partial charge in [0.05, 0.1) is 0 Å². The zero-order valence-electron chi connectivity index (χ0n) is 15.0. The van der Waals surface area contributed by atoms with E-state index >= 15 is 0 Å². The van der Waals surface area contributed by atoms with E-state index in [4.69, 9.17) is 0 Å². The smallest absolute Gasteiger partial charge is 0.249 e. The summed E-state index contributed by atoms with van der Waals surface area (Å²) in [5, 5.41) is 12.6. The van der Waals surface area contributed by atoms with Gasteiger partial charge in [0.15, 0.2) is 0 Å². The molecule has 1 amide bonds. The van der Waals surface area contributed by atoms with Gasteiger partial charge in [0, 0.05) is 50.2 Å². The predicted octanol–water partition coefficient (Wildman–Crippen LogP) is 1.79. The molecule has 0 aliphatic heterocycles. The molecule has 25 heavy (non-hydrogen) atoms. The molecule has 134 valence electrons. The Morgan fingerprint density at radius 1 is 1.20 bits per heavy atom. The SMILES string of the molecule is CC(C)[C@@H](O)C(=O)NCc1cccnc1N(C)CCc1ccccn1. The number of anilines is 1. The maximum absolute atomic E-state index is 11.9. The van der Waals surface area contributed by atoms with Crippen LogP contribution >= 0.6 is 0 Å². The van der Waals surface area contributed by atoms with Crippen molar-refractivity contribution >= 4 is 11.7 Å². The Morgan fingerprint density at radius 3 is 2.64 bits per heavy atom. The molecule has 0 saturated carbocycles. The molecule has 2 rings (SSSR count). The Bertz CT molecular complexity index is 676. The third-order valence-corrected chi connectivity index (χ3v) is 4.01. The molecule has 0 unspecified atom stereocenters. The number of likely N-dealkylation sites (N-methyl/N-ethyl adjacent to an activating group) is 1. The average Bonchev–Trinajstić information content (AvgIpc) is 2.64. The standard InChI is InChI=1S/C19H26N4O2/c1-14(2)17(24)19(25)22-13-15-7-6-11-21-18(15)23(3)12-9-16-8-4-5-10-20-16/h4-8,10-11,14,17,24H,9,12-13H2,1-3H3,(H,22,25)/t17-/m1/s1. The Balaban J connectivity index is 1.98. The van der Waals surface area contributed by atoms with E-state index in [0.29, 0.717) is 6.54 Å². The second kappa shape index (κ2) is 9.13. The highest BCUT2D eigenvalue weighted by Crippen LogP contribution is 2.16. The number of rotatable bonds is 8. The minimum Gasteiger partial charge on any atom is -0.383 e. The highest BCUT2D eigenvalue weighted by molar-refractivity contribution is 5.80. The number of aromatic nitrogens is 2. The Kier molecular flexibility index (Phi) is 6.89. The number of nitrogens with one attached hydrogen (secondary N) is 1. The number of pyridine rings is 2. The molecule has 2 aromatic heterocycles. The van der Waals surface area contributed by atoms with Crippen LogP contribution < -0.4 is 10.2 Å². The van der Waals surface area contributed by atoms with Gasteiger partial charge in [-0.1, -0.05) is 26.0 Å². The van der Waals surface area contributed by atoms with Crippen LogP contribution in [0.4, 0.5) is 5.82 Å². The molecule has 6 nitrogen and oxygen atoms in total. The lowest BCUT2D eigenvalue weighted by Gasteiger charge is -2.21. The van der Waals surface area contributed by atoms with E-state index in [0.717, 1.165) is 30.0 Å². The molecule has 0 radical (unpaired) electrons. The van der Waals surface area contributed by atoms with Crippen LogP contribution in [-0.4, -0.2) is 40.7 Å². The minimum absolute atomic E-state index is 0.116. The van der Waals surface area contributed by atoms with Crippen molar-refractivity contribution in [2.24, 2.45) is 5.92 Å². The average molecular weight is 342 g/mol. The van der Waals surface area contributed by atoms with Gasteiger partial charge in [0.2, 0.25) is 5.91 Å². The first-order valence-electron chi connectivity index (χ1n) is 8.49. The number of carbonyl (C=O) groups is 1. The van der Waals surface area contributed by atoms with Crippen molar-refractivity contribution in [3.05, 3.63) is 54.0 Å². The third-order valence-electron chi connectivity index (χ3n) is 4.01. The van der Waals surface area contributed by atoms with Crippen molar-refractivity contribution in [3.63, 3.8) is 0 Å². The molecule has 0 spiro atoms. The molecule has 0 saturated heterocycles. The second-order valence-electron chi connectivity index (χ2n) is 6.39. The van der Waals surface area contributed by atoms with Gasteiger partial charge in [0.1, 0.15) is 11.9 Å². The van der Waals surface area contributed by atoms with Gasteiger partial charge in [-0.25, -0.2) is 4.98 Å². The van der Waals surface area contributed by atoms with Crippen molar-refractivity contribution in [1.82, 2.24) is 15.3 Å². The molecule has 2 heterocycles. The van der Waals surface area contributed by atoms with Crippen LogP contribution in [0.5, 0.6) is 0 Å². The highest BCUT2D eigenvalue weighted by atomic mass is 16.3. The van der Waals surface area contributed by atoms with E-state index in [1.54, 1.807) is 12.4 Å². The third kappa shape index (κ3) is 5.53. The van der Waals surface area contributed by atoms with Crippen LogP contribution in [0.3, 0.4) is 0 Å². The molecule has 6 heteroatoms. The van der Waals surface area contributed by atoms with Crippen LogP contribution in [0.25, 0.3) is 0 Å². The van der Waals surface area contributed by atoms with Crippen molar-refractivity contribution in [2.75, 3.05) is 18.5 Å². The Hall–Kier alpha value is -2.47. The van der Waals surface area contributed by atoms with Crippen LogP contribution in [-0.2, 0) is 17.8 Å². The molecule has 2 aromatic rings. The number of aliphatic hydroxyl groups excluding tert-OH is 1. The summed E-state index contributed by atoms with van der Waals surface area (Å²) in [7, 11) is 1.97. The van der Waals surface area contributed by atoms with E-state index in [9.17, 15) is 9.90 Å².